The molecule has 2 aliphatic heterocycles. The minimum absolute atomic E-state index is 0.0648. The highest BCUT2D eigenvalue weighted by Crippen LogP contribution is 2.28. The summed E-state index contributed by atoms with van der Waals surface area (Å²) < 4.78 is 0. The highest BCUT2D eigenvalue weighted by atomic mass is 16.1. The van der Waals surface area contributed by atoms with E-state index >= 15 is 0 Å². The summed E-state index contributed by atoms with van der Waals surface area (Å²) in [6.45, 7) is 12.1. The van der Waals surface area contributed by atoms with E-state index < -0.39 is 0 Å². The van der Waals surface area contributed by atoms with Crippen LogP contribution in [0.3, 0.4) is 0 Å². The third kappa shape index (κ3) is 7.28. The summed E-state index contributed by atoms with van der Waals surface area (Å²) in [5.41, 5.74) is 19.1. The fourth-order valence-electron chi connectivity index (χ4n) is 5.72. The number of nitrogen functional groups attached to an aromatic ring is 1. The molecule has 2 aliphatic rings. The van der Waals surface area contributed by atoms with E-state index in [-0.39, 0.29) is 5.78 Å². The van der Waals surface area contributed by atoms with Crippen LogP contribution in [0.4, 0.5) is 17.1 Å². The second kappa shape index (κ2) is 13.1. The number of carbonyl (C=O) groups excluding carboxylic acids is 1. The summed E-state index contributed by atoms with van der Waals surface area (Å²) in [6, 6.07) is 11.8. The van der Waals surface area contributed by atoms with Crippen molar-refractivity contribution in [2.45, 2.75) is 46.6 Å². The Morgan fingerprint density at radius 2 is 1.88 bits per heavy atom. The van der Waals surface area contributed by atoms with Gasteiger partial charge in [-0.15, -0.1) is 0 Å². The first-order valence-corrected chi connectivity index (χ1v) is 14.0. The van der Waals surface area contributed by atoms with Gasteiger partial charge in [0.05, 0.1) is 17.9 Å². The number of rotatable bonds is 6. The van der Waals surface area contributed by atoms with Gasteiger partial charge in [0, 0.05) is 62.2 Å². The number of carbonyl (C=O) groups is 1. The van der Waals surface area contributed by atoms with Gasteiger partial charge in [-0.3, -0.25) is 14.6 Å². The fourth-order valence-corrected chi connectivity index (χ4v) is 5.72. The van der Waals surface area contributed by atoms with E-state index in [4.69, 9.17) is 21.5 Å². The van der Waals surface area contributed by atoms with Crippen molar-refractivity contribution in [1.82, 2.24) is 9.80 Å². The Morgan fingerprint density at radius 1 is 1.12 bits per heavy atom. The van der Waals surface area contributed by atoms with Crippen molar-refractivity contribution in [1.29, 1.82) is 0 Å². The van der Waals surface area contributed by atoms with Crippen LogP contribution >= 0.6 is 0 Å². The molecule has 2 heterocycles. The van der Waals surface area contributed by atoms with Gasteiger partial charge in [0.15, 0.2) is 5.78 Å². The van der Waals surface area contributed by atoms with E-state index in [1.165, 1.54) is 11.1 Å². The number of Topliss-reactive ketones (excluding diaryl/α,β-unsaturated/α-hetero) is 1. The Labute approximate surface area is 237 Å². The maximum Gasteiger partial charge on any atom is 0.176 e. The van der Waals surface area contributed by atoms with Crippen LogP contribution in [-0.2, 0) is 0 Å². The smallest absolute Gasteiger partial charge is 0.176 e. The van der Waals surface area contributed by atoms with Crippen molar-refractivity contribution < 1.29 is 4.79 Å². The van der Waals surface area contributed by atoms with Crippen LogP contribution in [0.2, 0.25) is 0 Å². The first-order chi connectivity index (χ1) is 19.2. The predicted molar refractivity (Wildman–Crippen MR) is 164 cm³/mol. The number of benzene rings is 2. The minimum Gasteiger partial charge on any atom is -0.404 e. The Hall–Kier alpha value is -3.69. The summed E-state index contributed by atoms with van der Waals surface area (Å²) >= 11 is 0. The lowest BCUT2D eigenvalue weighted by Crippen LogP contribution is -2.55. The van der Waals surface area contributed by atoms with Crippen molar-refractivity contribution in [2.24, 2.45) is 31.9 Å². The van der Waals surface area contributed by atoms with Crippen molar-refractivity contribution >= 4 is 34.4 Å². The van der Waals surface area contributed by atoms with Gasteiger partial charge < -0.3 is 11.5 Å². The molecule has 4 N–H and O–H groups in total. The van der Waals surface area contributed by atoms with Crippen LogP contribution in [0.1, 0.15) is 48.2 Å². The van der Waals surface area contributed by atoms with Crippen molar-refractivity contribution in [2.75, 3.05) is 45.5 Å². The van der Waals surface area contributed by atoms with E-state index in [1.807, 2.05) is 6.92 Å². The molecule has 2 atom stereocenters. The zero-order valence-electron chi connectivity index (χ0n) is 24.4. The number of azo groups is 1. The van der Waals surface area contributed by atoms with Crippen LogP contribution in [0.5, 0.6) is 0 Å². The van der Waals surface area contributed by atoms with Gasteiger partial charge in [-0.2, -0.15) is 10.2 Å². The molecule has 0 aliphatic carbocycles. The summed E-state index contributed by atoms with van der Waals surface area (Å²) in [5, 5.41) is 7.84. The molecule has 9 heteroatoms. The standard InChI is InChI=1S/C31H42N8O/c1-20-12-21(2)14-26(13-20)35-23(4)36-28-9-11-39(17-25(28)16-32)30-18-38(10-8-22(30)3)19-31(40)24-6-7-27(33)29(15-24)37-34-5/h6-7,12-16,22,30H,8-11,17-19,32-33H2,1-5H3. The predicted octanol–water partition coefficient (Wildman–Crippen LogP) is 5.23. The molecule has 212 valence electrons. The molecule has 0 amide bonds. The summed E-state index contributed by atoms with van der Waals surface area (Å²) in [4.78, 5) is 27.5. The second-order valence-corrected chi connectivity index (χ2v) is 11.0. The summed E-state index contributed by atoms with van der Waals surface area (Å²) in [6.07, 6.45) is 3.54. The van der Waals surface area contributed by atoms with E-state index in [0.717, 1.165) is 61.8 Å². The molecule has 40 heavy (non-hydrogen) atoms. The monoisotopic (exact) mass is 542 g/mol. The fraction of sp³-hybridized carbons (Fsp3) is 0.452. The molecule has 2 aromatic rings. The molecule has 4 rings (SSSR count). The minimum atomic E-state index is 0.0648. The van der Waals surface area contributed by atoms with Gasteiger partial charge in [0.25, 0.3) is 0 Å². The maximum atomic E-state index is 13.1. The van der Waals surface area contributed by atoms with Crippen molar-refractivity contribution in [3.63, 3.8) is 0 Å². The topological polar surface area (TPSA) is 125 Å². The Morgan fingerprint density at radius 3 is 2.58 bits per heavy atom. The molecule has 9 nitrogen and oxygen atoms in total. The van der Waals surface area contributed by atoms with E-state index in [9.17, 15) is 4.79 Å². The number of piperidine rings is 2. The summed E-state index contributed by atoms with van der Waals surface area (Å²) in [7, 11) is 1.59. The van der Waals surface area contributed by atoms with Gasteiger partial charge in [0.1, 0.15) is 11.5 Å². The molecule has 0 bridgehead atoms. The first kappa shape index (κ1) is 29.3. The van der Waals surface area contributed by atoms with Gasteiger partial charge in [-0.1, -0.05) is 13.0 Å². The molecule has 2 unspecified atom stereocenters. The largest absolute Gasteiger partial charge is 0.404 e. The Bertz CT molecular complexity index is 1340. The molecule has 2 fully saturated rings. The van der Waals surface area contributed by atoms with E-state index in [2.05, 4.69) is 59.0 Å². The Kier molecular flexibility index (Phi) is 9.60. The number of nitrogens with zero attached hydrogens (tertiary/aromatic N) is 6. The molecule has 2 saturated heterocycles. The lowest BCUT2D eigenvalue weighted by Gasteiger charge is -2.45. The van der Waals surface area contributed by atoms with Gasteiger partial charge in [0.2, 0.25) is 0 Å². The molecule has 0 radical (unpaired) electrons. The number of hydrogen-bond donors (Lipinski definition) is 2. The SMILES string of the molecule is CN=Nc1cc(C(=O)CN2CCC(C)C(N3CCC(=NC(C)=Nc4cc(C)cc(C)c4)C(=CN)C3)C2)ccc1N. The normalized spacial score (nSPS) is 23.4. The third-order valence-electron chi connectivity index (χ3n) is 7.77. The van der Waals surface area contributed by atoms with Crippen LogP contribution in [-0.4, -0.2) is 72.9 Å². The van der Waals surface area contributed by atoms with E-state index in [1.54, 1.807) is 31.4 Å². The molecular formula is C31H42N8O. The van der Waals surface area contributed by atoms with Gasteiger partial charge in [-0.25, -0.2) is 9.98 Å². The summed E-state index contributed by atoms with van der Waals surface area (Å²) in [5.74, 6) is 1.31. The lowest BCUT2D eigenvalue weighted by molar-refractivity contribution is 0.0588. The number of anilines is 1. The van der Waals surface area contributed by atoms with Crippen LogP contribution in [0.15, 0.2) is 68.4 Å². The molecule has 0 spiro atoms. The maximum absolute atomic E-state index is 13.1. The number of amidine groups is 1. The van der Waals surface area contributed by atoms with E-state index in [0.29, 0.717) is 35.4 Å². The van der Waals surface area contributed by atoms with Crippen LogP contribution in [0.25, 0.3) is 0 Å². The second-order valence-electron chi connectivity index (χ2n) is 11.0. The molecular weight excluding hydrogens is 500 g/mol. The number of likely N-dealkylation sites (tertiary alicyclic amines) is 2. The van der Waals surface area contributed by atoms with Gasteiger partial charge >= 0.3 is 0 Å². The third-order valence-corrected chi connectivity index (χ3v) is 7.77. The van der Waals surface area contributed by atoms with Crippen molar-refractivity contribution in [3.05, 3.63) is 64.9 Å². The van der Waals surface area contributed by atoms with Crippen LogP contribution in [0, 0.1) is 19.8 Å². The Balaban J connectivity index is 1.42. The highest BCUT2D eigenvalue weighted by molar-refractivity contribution is 6.08. The zero-order chi connectivity index (χ0) is 28.8. The number of hydrogen-bond acceptors (Lipinski definition) is 8. The molecule has 0 saturated carbocycles. The molecule has 2 aromatic carbocycles. The highest BCUT2D eigenvalue weighted by Gasteiger charge is 2.34. The number of aryl methyl sites for hydroxylation is 2. The van der Waals surface area contributed by atoms with Gasteiger partial charge in [-0.05, 0) is 81.1 Å². The average Bonchev–Trinajstić information content (AvgIpc) is 2.90. The first-order valence-electron chi connectivity index (χ1n) is 14.0. The lowest BCUT2D eigenvalue weighted by atomic mass is 9.89. The molecule has 0 aromatic heterocycles. The number of ketones is 1. The number of nitrogens with two attached hydrogens (primary N) is 2. The zero-order valence-corrected chi connectivity index (χ0v) is 24.4. The van der Waals surface area contributed by atoms with Crippen molar-refractivity contribution in [3.8, 4) is 0 Å². The van der Waals surface area contributed by atoms with Crippen LogP contribution < -0.4 is 11.5 Å². The quantitative estimate of drug-likeness (QED) is 0.170. The number of aliphatic imine (C=N–C) groups is 2. The average molecular weight is 543 g/mol.